The minimum absolute atomic E-state index is 0.310. The molecule has 110 valence electrons. The van der Waals surface area contributed by atoms with Crippen LogP contribution in [0.2, 0.25) is 0 Å². The number of anilines is 1. The molecule has 3 nitrogen and oxygen atoms in total. The Morgan fingerprint density at radius 1 is 1.05 bits per heavy atom. The summed E-state index contributed by atoms with van der Waals surface area (Å²) in [6.07, 6.45) is 1.62. The molecule has 1 heterocycles. The van der Waals surface area contributed by atoms with Gasteiger partial charge in [-0.3, -0.25) is 4.79 Å². The summed E-state index contributed by atoms with van der Waals surface area (Å²) < 4.78 is 0. The Morgan fingerprint density at radius 3 is 2.10 bits per heavy atom. The fourth-order valence-corrected chi connectivity index (χ4v) is 3.22. The molecule has 3 heteroatoms. The number of nitrogens with zero attached hydrogens (tertiary/aromatic N) is 2. The highest BCUT2D eigenvalue weighted by Crippen LogP contribution is 2.27. The van der Waals surface area contributed by atoms with E-state index in [9.17, 15) is 4.79 Å². The molecule has 0 atom stereocenters. The predicted molar refractivity (Wildman–Crippen MR) is 84.4 cm³/mol. The van der Waals surface area contributed by atoms with Gasteiger partial charge in [0.25, 0.3) is 0 Å². The Morgan fingerprint density at radius 2 is 1.60 bits per heavy atom. The summed E-state index contributed by atoms with van der Waals surface area (Å²) >= 11 is 0. The van der Waals surface area contributed by atoms with Crippen molar-refractivity contribution in [2.75, 3.05) is 31.1 Å². The van der Waals surface area contributed by atoms with Crippen molar-refractivity contribution in [2.24, 2.45) is 0 Å². The number of hydrogen-bond acceptors (Lipinski definition) is 2. The van der Waals surface area contributed by atoms with Crippen molar-refractivity contribution >= 4 is 11.6 Å². The molecule has 20 heavy (non-hydrogen) atoms. The summed E-state index contributed by atoms with van der Waals surface area (Å²) in [4.78, 5) is 16.4. The highest BCUT2D eigenvalue weighted by Gasteiger charge is 2.22. The van der Waals surface area contributed by atoms with Crippen LogP contribution in [-0.4, -0.2) is 37.0 Å². The topological polar surface area (TPSA) is 23.6 Å². The zero-order chi connectivity index (χ0) is 14.7. The Bertz CT molecular complexity index is 465. The lowest BCUT2D eigenvalue weighted by Gasteiger charge is -2.37. The third-order valence-corrected chi connectivity index (χ3v) is 4.05. The summed E-state index contributed by atoms with van der Waals surface area (Å²) in [5.41, 5.74) is 5.37. The first-order valence-electron chi connectivity index (χ1n) is 7.63. The van der Waals surface area contributed by atoms with E-state index in [0.717, 1.165) is 32.6 Å². The predicted octanol–water partition coefficient (Wildman–Crippen LogP) is 3.06. The van der Waals surface area contributed by atoms with Crippen molar-refractivity contribution in [2.45, 2.75) is 40.5 Å². The summed E-state index contributed by atoms with van der Waals surface area (Å²) in [6, 6.07) is 4.49. The number of hydrogen-bond donors (Lipinski definition) is 0. The molecule has 2 rings (SSSR count). The van der Waals surface area contributed by atoms with Gasteiger partial charge in [0, 0.05) is 38.3 Å². The van der Waals surface area contributed by atoms with E-state index >= 15 is 0 Å². The molecule has 0 aliphatic carbocycles. The first-order valence-corrected chi connectivity index (χ1v) is 7.63. The zero-order valence-corrected chi connectivity index (χ0v) is 13.2. The maximum absolute atomic E-state index is 11.9. The van der Waals surface area contributed by atoms with Crippen molar-refractivity contribution in [3.63, 3.8) is 0 Å². The van der Waals surface area contributed by atoms with Gasteiger partial charge in [0.2, 0.25) is 5.91 Å². The van der Waals surface area contributed by atoms with E-state index in [1.807, 2.05) is 4.90 Å². The van der Waals surface area contributed by atoms with Crippen molar-refractivity contribution in [3.8, 4) is 0 Å². The van der Waals surface area contributed by atoms with Crippen LogP contribution < -0.4 is 4.90 Å². The van der Waals surface area contributed by atoms with Gasteiger partial charge in [-0.25, -0.2) is 0 Å². The zero-order valence-electron chi connectivity index (χ0n) is 13.2. The van der Waals surface area contributed by atoms with Gasteiger partial charge in [-0.2, -0.15) is 0 Å². The summed E-state index contributed by atoms with van der Waals surface area (Å²) in [5.74, 6) is 0.310. The molecule has 1 saturated heterocycles. The van der Waals surface area contributed by atoms with E-state index in [-0.39, 0.29) is 0 Å². The second-order valence-corrected chi connectivity index (χ2v) is 5.87. The third kappa shape index (κ3) is 3.14. The van der Waals surface area contributed by atoms with E-state index in [0.29, 0.717) is 12.3 Å². The molecule has 1 aliphatic heterocycles. The smallest absolute Gasteiger partial charge is 0.222 e. The van der Waals surface area contributed by atoms with E-state index in [1.165, 1.54) is 22.4 Å². The van der Waals surface area contributed by atoms with Gasteiger partial charge in [0.15, 0.2) is 0 Å². The van der Waals surface area contributed by atoms with Crippen LogP contribution >= 0.6 is 0 Å². The van der Waals surface area contributed by atoms with E-state index in [1.54, 1.807) is 0 Å². The molecule has 1 aromatic rings. The lowest BCUT2D eigenvalue weighted by Crippen LogP contribution is -2.49. The Hall–Kier alpha value is -1.51. The average Bonchev–Trinajstić information content (AvgIpc) is 2.38. The van der Waals surface area contributed by atoms with Crippen LogP contribution in [-0.2, 0) is 4.79 Å². The Kier molecular flexibility index (Phi) is 4.69. The largest absolute Gasteiger partial charge is 0.368 e. The van der Waals surface area contributed by atoms with Gasteiger partial charge >= 0.3 is 0 Å². The molecule has 1 aliphatic rings. The fourth-order valence-electron chi connectivity index (χ4n) is 3.22. The number of aryl methyl sites for hydroxylation is 3. The summed E-state index contributed by atoms with van der Waals surface area (Å²) in [7, 11) is 0. The van der Waals surface area contributed by atoms with Crippen molar-refractivity contribution in [1.82, 2.24) is 4.90 Å². The number of carbonyl (C=O) groups is 1. The highest BCUT2D eigenvalue weighted by molar-refractivity contribution is 5.76. The highest BCUT2D eigenvalue weighted by atomic mass is 16.2. The molecule has 0 N–H and O–H groups in total. The van der Waals surface area contributed by atoms with Crippen molar-refractivity contribution in [1.29, 1.82) is 0 Å². The van der Waals surface area contributed by atoms with Crippen LogP contribution in [0.1, 0.15) is 36.5 Å². The van der Waals surface area contributed by atoms with Gasteiger partial charge in [0.05, 0.1) is 0 Å². The Labute approximate surface area is 122 Å². The van der Waals surface area contributed by atoms with Gasteiger partial charge in [0.1, 0.15) is 0 Å². The molecular weight excluding hydrogens is 248 g/mol. The first-order chi connectivity index (χ1) is 9.52. The third-order valence-electron chi connectivity index (χ3n) is 4.05. The summed E-state index contributed by atoms with van der Waals surface area (Å²) in [5, 5.41) is 0. The van der Waals surface area contributed by atoms with E-state index < -0.39 is 0 Å². The standard InChI is InChI=1S/C17H26N2O/c1-5-6-16(20)18-7-9-19(10-8-18)17-14(3)11-13(2)12-15(17)4/h11-12H,5-10H2,1-4H3. The number of piperazine rings is 1. The van der Waals surface area contributed by atoms with Gasteiger partial charge in [-0.05, 0) is 38.3 Å². The number of carbonyl (C=O) groups excluding carboxylic acids is 1. The van der Waals surface area contributed by atoms with Crippen molar-refractivity contribution in [3.05, 3.63) is 28.8 Å². The maximum atomic E-state index is 11.9. The van der Waals surface area contributed by atoms with Gasteiger partial charge in [-0.15, -0.1) is 0 Å². The van der Waals surface area contributed by atoms with Crippen LogP contribution in [0.4, 0.5) is 5.69 Å². The van der Waals surface area contributed by atoms with Crippen LogP contribution in [0.5, 0.6) is 0 Å². The average molecular weight is 274 g/mol. The summed E-state index contributed by atoms with van der Waals surface area (Å²) in [6.45, 7) is 12.2. The van der Waals surface area contributed by atoms with Crippen LogP contribution in [0.15, 0.2) is 12.1 Å². The molecule has 1 amide bonds. The van der Waals surface area contributed by atoms with E-state index in [2.05, 4.69) is 44.7 Å². The molecule has 1 fully saturated rings. The lowest BCUT2D eigenvalue weighted by molar-refractivity contribution is -0.131. The molecule has 0 spiro atoms. The normalized spacial score (nSPS) is 15.6. The number of amides is 1. The molecule has 0 saturated carbocycles. The molecule has 0 unspecified atom stereocenters. The lowest BCUT2D eigenvalue weighted by atomic mass is 10.0. The quantitative estimate of drug-likeness (QED) is 0.845. The molecular formula is C17H26N2O. The maximum Gasteiger partial charge on any atom is 0.222 e. The fraction of sp³-hybridized carbons (Fsp3) is 0.588. The minimum atomic E-state index is 0.310. The second kappa shape index (κ2) is 6.29. The van der Waals surface area contributed by atoms with Gasteiger partial charge < -0.3 is 9.80 Å². The number of rotatable bonds is 3. The second-order valence-electron chi connectivity index (χ2n) is 5.87. The van der Waals surface area contributed by atoms with Crippen molar-refractivity contribution < 1.29 is 4.79 Å². The Balaban J connectivity index is 2.06. The SMILES string of the molecule is CCCC(=O)N1CCN(c2c(C)cc(C)cc2C)CC1. The van der Waals surface area contributed by atoms with E-state index in [4.69, 9.17) is 0 Å². The first kappa shape index (κ1) is 14.9. The molecule has 0 radical (unpaired) electrons. The number of benzene rings is 1. The van der Waals surface area contributed by atoms with Crippen LogP contribution in [0, 0.1) is 20.8 Å². The van der Waals surface area contributed by atoms with Gasteiger partial charge in [-0.1, -0.05) is 24.6 Å². The van der Waals surface area contributed by atoms with Crippen LogP contribution in [0.3, 0.4) is 0 Å². The monoisotopic (exact) mass is 274 g/mol. The van der Waals surface area contributed by atoms with Crippen LogP contribution in [0.25, 0.3) is 0 Å². The molecule has 1 aromatic carbocycles. The molecule has 0 aromatic heterocycles. The minimum Gasteiger partial charge on any atom is -0.368 e. The molecule has 0 bridgehead atoms.